The second kappa shape index (κ2) is 7.74. The lowest BCUT2D eigenvalue weighted by Crippen LogP contribution is -2.52. The molecule has 0 saturated carbocycles. The van der Waals surface area contributed by atoms with Crippen LogP contribution in [0.2, 0.25) is 5.02 Å². The summed E-state index contributed by atoms with van der Waals surface area (Å²) in [6.45, 7) is 1.78. The molecule has 1 aliphatic heterocycles. The highest BCUT2D eigenvalue weighted by molar-refractivity contribution is 6.30. The Kier molecular flexibility index (Phi) is 5.57. The Balaban J connectivity index is 1.71. The van der Waals surface area contributed by atoms with Crippen LogP contribution >= 0.6 is 11.6 Å². The molecule has 2 aromatic heterocycles. The van der Waals surface area contributed by atoms with Crippen LogP contribution in [0.25, 0.3) is 0 Å². The molecule has 2 unspecified atom stereocenters. The lowest BCUT2D eigenvalue weighted by Gasteiger charge is -2.40. The van der Waals surface area contributed by atoms with Crippen molar-refractivity contribution in [2.75, 3.05) is 18.4 Å². The molecular weight excluding hydrogens is 378 g/mol. The van der Waals surface area contributed by atoms with Crippen molar-refractivity contribution < 1.29 is 18.3 Å². The average molecular weight is 397 g/mol. The highest BCUT2D eigenvalue weighted by Crippen LogP contribution is 2.40. The average Bonchev–Trinajstić information content (AvgIpc) is 2.64. The largest absolute Gasteiger partial charge is 0.619 e. The first-order chi connectivity index (χ1) is 12.8. The third-order valence-corrected chi connectivity index (χ3v) is 5.02. The van der Waals surface area contributed by atoms with Crippen molar-refractivity contribution in [1.82, 2.24) is 9.88 Å². The number of alkyl halides is 2. The summed E-state index contributed by atoms with van der Waals surface area (Å²) in [4.78, 5) is 18.2. The number of rotatable bonds is 4. The summed E-state index contributed by atoms with van der Waals surface area (Å²) < 4.78 is 29.4. The Bertz CT molecular complexity index is 802. The van der Waals surface area contributed by atoms with E-state index in [9.17, 15) is 18.8 Å². The molecule has 27 heavy (non-hydrogen) atoms. The smallest absolute Gasteiger partial charge is 0.257 e. The van der Waals surface area contributed by atoms with Crippen LogP contribution in [0.1, 0.15) is 24.8 Å². The fourth-order valence-electron chi connectivity index (χ4n) is 3.13. The number of anilines is 1. The second-order valence-electron chi connectivity index (χ2n) is 6.58. The van der Waals surface area contributed by atoms with Gasteiger partial charge in [0.25, 0.3) is 5.92 Å². The Labute approximate surface area is 160 Å². The summed E-state index contributed by atoms with van der Waals surface area (Å²) in [5.74, 6) is -3.98. The van der Waals surface area contributed by atoms with Gasteiger partial charge in [-0.05, 0) is 24.6 Å². The van der Waals surface area contributed by atoms with Crippen LogP contribution in [-0.2, 0) is 4.79 Å². The second-order valence-corrected chi connectivity index (χ2v) is 7.01. The topological polar surface area (TPSA) is 72.2 Å². The molecule has 6 nitrogen and oxygen atoms in total. The van der Waals surface area contributed by atoms with E-state index in [2.05, 4.69) is 10.3 Å². The number of halogens is 3. The van der Waals surface area contributed by atoms with Crippen LogP contribution in [0.5, 0.6) is 0 Å². The molecule has 3 rings (SSSR count). The zero-order valence-electron chi connectivity index (χ0n) is 14.6. The minimum atomic E-state index is -2.90. The molecule has 0 spiro atoms. The van der Waals surface area contributed by atoms with Crippen LogP contribution < -0.4 is 10.0 Å². The van der Waals surface area contributed by atoms with Crippen molar-refractivity contribution in [3.63, 3.8) is 0 Å². The van der Waals surface area contributed by atoms with Crippen molar-refractivity contribution in [3.8, 4) is 0 Å². The fourth-order valence-corrected chi connectivity index (χ4v) is 3.24. The lowest BCUT2D eigenvalue weighted by atomic mass is 9.87. The molecule has 3 heterocycles. The molecule has 144 valence electrons. The summed E-state index contributed by atoms with van der Waals surface area (Å²) in [6, 6.07) is 5.36. The van der Waals surface area contributed by atoms with E-state index in [-0.39, 0.29) is 25.4 Å². The van der Waals surface area contributed by atoms with Crippen LogP contribution in [0.15, 0.2) is 42.9 Å². The van der Waals surface area contributed by atoms with Crippen LogP contribution in [0, 0.1) is 5.21 Å². The minimum absolute atomic E-state index is 0.0124. The molecule has 0 bridgehead atoms. The van der Waals surface area contributed by atoms with E-state index in [0.717, 1.165) is 0 Å². The summed E-state index contributed by atoms with van der Waals surface area (Å²) >= 11 is 5.77. The Hall–Kier alpha value is -2.32. The number of pyridine rings is 2. The predicted molar refractivity (Wildman–Crippen MR) is 96.6 cm³/mol. The monoisotopic (exact) mass is 396 g/mol. The molecule has 0 aliphatic carbocycles. The number of nitrogens with one attached hydrogen (secondary N) is 1. The fraction of sp³-hybridized carbons (Fsp3) is 0.389. The maximum absolute atomic E-state index is 14.4. The number of hydrogen-bond acceptors (Lipinski definition) is 4. The van der Waals surface area contributed by atoms with Gasteiger partial charge in [-0.15, -0.1) is 0 Å². The van der Waals surface area contributed by atoms with E-state index in [4.69, 9.17) is 11.6 Å². The number of likely N-dealkylation sites (tertiary alicyclic amines) is 1. The van der Waals surface area contributed by atoms with Gasteiger partial charge in [0.2, 0.25) is 5.91 Å². The summed E-state index contributed by atoms with van der Waals surface area (Å²) in [6.07, 6.45) is 3.46. The number of piperidine rings is 1. The van der Waals surface area contributed by atoms with Gasteiger partial charge < -0.3 is 10.5 Å². The molecular formula is C18H19ClF2N4O2. The van der Waals surface area contributed by atoms with Gasteiger partial charge in [0.1, 0.15) is 5.82 Å². The first-order valence-electron chi connectivity index (χ1n) is 8.49. The first kappa shape index (κ1) is 19.4. The van der Waals surface area contributed by atoms with E-state index in [1.54, 1.807) is 24.0 Å². The lowest BCUT2D eigenvalue weighted by molar-refractivity contribution is -0.605. The van der Waals surface area contributed by atoms with E-state index in [1.165, 1.54) is 30.7 Å². The zero-order valence-corrected chi connectivity index (χ0v) is 15.4. The van der Waals surface area contributed by atoms with Crippen molar-refractivity contribution in [1.29, 1.82) is 0 Å². The highest BCUT2D eigenvalue weighted by Gasteiger charge is 2.46. The molecule has 9 heteroatoms. The van der Waals surface area contributed by atoms with Gasteiger partial charge in [-0.3, -0.25) is 9.69 Å². The molecule has 1 saturated heterocycles. The summed E-state index contributed by atoms with van der Waals surface area (Å²) in [5, 5.41) is 14.3. The third-order valence-electron chi connectivity index (χ3n) is 4.80. The van der Waals surface area contributed by atoms with Crippen molar-refractivity contribution in [2.45, 2.75) is 31.2 Å². The van der Waals surface area contributed by atoms with E-state index in [1.807, 2.05) is 0 Å². The number of carbonyl (C=O) groups excluding carboxylic acids is 1. The predicted octanol–water partition coefficient (Wildman–Crippen LogP) is 2.82. The van der Waals surface area contributed by atoms with Crippen LogP contribution in [-0.4, -0.2) is 40.8 Å². The molecule has 1 N–H and O–H groups in total. The number of hydrogen-bond donors (Lipinski definition) is 1. The normalized spacial score (nSPS) is 20.8. The first-order valence-corrected chi connectivity index (χ1v) is 8.87. The number of aromatic nitrogens is 2. The quantitative estimate of drug-likeness (QED) is 0.637. The zero-order chi connectivity index (χ0) is 19.6. The third kappa shape index (κ3) is 4.51. The van der Waals surface area contributed by atoms with Gasteiger partial charge in [0.05, 0.1) is 17.0 Å². The molecule has 0 radical (unpaired) electrons. The van der Waals surface area contributed by atoms with Gasteiger partial charge in [-0.25, -0.2) is 13.8 Å². The molecule has 1 aliphatic rings. The molecule has 1 amide bonds. The Morgan fingerprint density at radius 1 is 1.41 bits per heavy atom. The van der Waals surface area contributed by atoms with E-state index < -0.39 is 17.9 Å². The molecule has 1 fully saturated rings. The van der Waals surface area contributed by atoms with Gasteiger partial charge in [0.15, 0.2) is 12.4 Å². The van der Waals surface area contributed by atoms with Crippen LogP contribution in [0.4, 0.5) is 14.6 Å². The summed E-state index contributed by atoms with van der Waals surface area (Å²) in [5.41, 5.74) is 0.378. The summed E-state index contributed by atoms with van der Waals surface area (Å²) in [7, 11) is 0. The number of amides is 1. The number of carbonyl (C=O) groups is 1. The van der Waals surface area contributed by atoms with Gasteiger partial charge >= 0.3 is 0 Å². The van der Waals surface area contributed by atoms with Gasteiger partial charge in [-0.2, -0.15) is 4.73 Å². The molecule has 2 aromatic rings. The maximum atomic E-state index is 14.4. The Morgan fingerprint density at radius 3 is 2.74 bits per heavy atom. The minimum Gasteiger partial charge on any atom is -0.619 e. The Morgan fingerprint density at radius 2 is 2.11 bits per heavy atom. The number of nitrogens with zero attached hydrogens (tertiary/aromatic N) is 3. The maximum Gasteiger partial charge on any atom is 0.257 e. The van der Waals surface area contributed by atoms with Crippen molar-refractivity contribution in [2.24, 2.45) is 0 Å². The van der Waals surface area contributed by atoms with Gasteiger partial charge in [-0.1, -0.05) is 11.6 Å². The highest BCUT2D eigenvalue weighted by atomic mass is 35.5. The molecule has 2 atom stereocenters. The van der Waals surface area contributed by atoms with Crippen molar-refractivity contribution >= 4 is 23.3 Å². The standard InChI is InChI=1S/C18H19ClF2N4O2/c1-12(17(26)23-16-3-2-14(19)10-22-16)24-9-6-18(20,21)15(11-24)13-4-7-25(27)8-5-13/h2-5,7-8,10,12,15H,6,9,11H2,1H3,(H,22,23,26). The SMILES string of the molecule is CC(C(=O)Nc1ccc(Cl)cn1)N1CCC(F)(F)C(c2cc[n+]([O-])cc2)C1. The van der Waals surface area contributed by atoms with Gasteiger partial charge in [0, 0.05) is 37.8 Å². The van der Waals surface area contributed by atoms with Crippen molar-refractivity contribution in [3.05, 3.63) is 58.6 Å². The van der Waals surface area contributed by atoms with E-state index >= 15 is 0 Å². The molecule has 0 aromatic carbocycles. The van der Waals surface area contributed by atoms with E-state index in [0.29, 0.717) is 21.1 Å². The van der Waals surface area contributed by atoms with Crippen LogP contribution in [0.3, 0.4) is 0 Å².